The number of ether oxygens (including phenoxy) is 1. The molecule has 1 spiro atoms. The molecule has 0 bridgehead atoms. The lowest BCUT2D eigenvalue weighted by molar-refractivity contribution is 0.0526. The smallest absolute Gasteiger partial charge is 0.338 e. The van der Waals surface area contributed by atoms with Crippen molar-refractivity contribution in [3.8, 4) is 0 Å². The quantitative estimate of drug-likeness (QED) is 0.669. The molecule has 0 radical (unpaired) electrons. The Morgan fingerprint density at radius 3 is 2.60 bits per heavy atom. The minimum Gasteiger partial charge on any atom is -0.462 e. The van der Waals surface area contributed by atoms with E-state index in [-0.39, 0.29) is 5.97 Å². The first kappa shape index (κ1) is 19.9. The first-order chi connectivity index (χ1) is 14.7. The van der Waals surface area contributed by atoms with Crippen molar-refractivity contribution < 1.29 is 9.53 Å². The van der Waals surface area contributed by atoms with Crippen LogP contribution in [0.25, 0.3) is 0 Å². The standard InChI is InChI=1S/C22H26N6O2/c1-2-30-19(29)16-9-8-10-17(15-16)24-20-26-21(25-18-11-4-7-14-23-18)28-22(27-20)12-5-3-6-13-22/h4,7-11,14-15H,2-3,5-6,12-13H2,1H3,(H3,23,24,25,26,27,28). The molecule has 0 amide bonds. The number of hydrogen-bond donors (Lipinski definition) is 3. The largest absolute Gasteiger partial charge is 0.462 e. The molecule has 8 heteroatoms. The molecule has 1 saturated carbocycles. The second kappa shape index (κ2) is 8.94. The number of nitrogens with zero attached hydrogens (tertiary/aromatic N) is 3. The number of carbonyl (C=O) groups is 1. The number of guanidine groups is 2. The van der Waals surface area contributed by atoms with E-state index in [2.05, 4.69) is 20.9 Å². The van der Waals surface area contributed by atoms with E-state index < -0.39 is 5.66 Å². The number of benzene rings is 1. The van der Waals surface area contributed by atoms with E-state index in [1.807, 2.05) is 30.3 Å². The summed E-state index contributed by atoms with van der Waals surface area (Å²) in [5.74, 6) is 1.56. The van der Waals surface area contributed by atoms with Gasteiger partial charge in [-0.3, -0.25) is 5.32 Å². The van der Waals surface area contributed by atoms with Crippen molar-refractivity contribution in [2.24, 2.45) is 9.98 Å². The summed E-state index contributed by atoms with van der Waals surface area (Å²) < 4.78 is 5.10. The van der Waals surface area contributed by atoms with Crippen molar-refractivity contribution >= 4 is 29.4 Å². The van der Waals surface area contributed by atoms with E-state index in [4.69, 9.17) is 14.7 Å². The highest BCUT2D eigenvalue weighted by atomic mass is 16.5. The molecule has 1 fully saturated rings. The van der Waals surface area contributed by atoms with Crippen molar-refractivity contribution in [1.82, 2.24) is 10.3 Å². The van der Waals surface area contributed by atoms with E-state index in [0.717, 1.165) is 31.4 Å². The maximum atomic E-state index is 12.1. The van der Waals surface area contributed by atoms with Gasteiger partial charge < -0.3 is 15.4 Å². The van der Waals surface area contributed by atoms with Crippen LogP contribution in [-0.2, 0) is 4.74 Å². The molecular weight excluding hydrogens is 380 g/mol. The predicted octanol–water partition coefficient (Wildman–Crippen LogP) is 3.76. The van der Waals surface area contributed by atoms with E-state index >= 15 is 0 Å². The van der Waals surface area contributed by atoms with Gasteiger partial charge in [0, 0.05) is 11.9 Å². The number of anilines is 2. The molecule has 0 saturated heterocycles. The van der Waals surface area contributed by atoms with Crippen molar-refractivity contribution in [3.05, 3.63) is 54.2 Å². The van der Waals surface area contributed by atoms with Crippen molar-refractivity contribution in [1.29, 1.82) is 0 Å². The lowest BCUT2D eigenvalue weighted by atomic mass is 9.90. The second-order valence-corrected chi connectivity index (χ2v) is 7.36. The van der Waals surface area contributed by atoms with Crippen molar-refractivity contribution in [2.45, 2.75) is 44.7 Å². The van der Waals surface area contributed by atoms with Gasteiger partial charge in [0.05, 0.1) is 12.2 Å². The zero-order chi connectivity index (χ0) is 20.8. The lowest BCUT2D eigenvalue weighted by Crippen LogP contribution is -2.48. The summed E-state index contributed by atoms with van der Waals surface area (Å²) in [6, 6.07) is 12.9. The monoisotopic (exact) mass is 406 g/mol. The van der Waals surface area contributed by atoms with Gasteiger partial charge >= 0.3 is 5.97 Å². The number of carbonyl (C=O) groups excluding carboxylic acids is 1. The molecule has 3 N–H and O–H groups in total. The van der Waals surface area contributed by atoms with E-state index in [1.54, 1.807) is 25.3 Å². The van der Waals surface area contributed by atoms with Crippen LogP contribution >= 0.6 is 0 Å². The maximum absolute atomic E-state index is 12.1. The topological polar surface area (TPSA) is 100 Å². The highest BCUT2D eigenvalue weighted by Gasteiger charge is 2.35. The van der Waals surface area contributed by atoms with Crippen LogP contribution in [0.4, 0.5) is 11.5 Å². The van der Waals surface area contributed by atoms with Gasteiger partial charge in [-0.1, -0.05) is 18.6 Å². The minimum atomic E-state index is -0.484. The molecule has 8 nitrogen and oxygen atoms in total. The van der Waals surface area contributed by atoms with Crippen molar-refractivity contribution in [2.75, 3.05) is 17.2 Å². The first-order valence-corrected chi connectivity index (χ1v) is 10.3. The van der Waals surface area contributed by atoms with Gasteiger partial charge in [-0.15, -0.1) is 0 Å². The van der Waals surface area contributed by atoms with Gasteiger partial charge in [-0.2, -0.15) is 0 Å². The highest BCUT2D eigenvalue weighted by molar-refractivity contribution is 6.11. The predicted molar refractivity (Wildman–Crippen MR) is 118 cm³/mol. The Morgan fingerprint density at radius 2 is 1.87 bits per heavy atom. The molecule has 0 atom stereocenters. The summed E-state index contributed by atoms with van der Waals surface area (Å²) in [7, 11) is 0. The van der Waals surface area contributed by atoms with Gasteiger partial charge in [-0.05, 0) is 62.9 Å². The molecule has 1 aliphatic heterocycles. The zero-order valence-corrected chi connectivity index (χ0v) is 17.0. The van der Waals surface area contributed by atoms with Crippen LogP contribution in [-0.4, -0.2) is 35.1 Å². The van der Waals surface area contributed by atoms with Crippen molar-refractivity contribution in [3.63, 3.8) is 0 Å². The van der Waals surface area contributed by atoms with Gasteiger partial charge in [-0.25, -0.2) is 19.8 Å². The fourth-order valence-corrected chi connectivity index (χ4v) is 3.70. The third-order valence-electron chi connectivity index (χ3n) is 5.08. The number of rotatable bonds is 4. The summed E-state index contributed by atoms with van der Waals surface area (Å²) >= 11 is 0. The van der Waals surface area contributed by atoms with Crippen LogP contribution in [0.1, 0.15) is 49.4 Å². The van der Waals surface area contributed by atoms with Crippen LogP contribution in [0.3, 0.4) is 0 Å². The Kier molecular flexibility index (Phi) is 5.92. The number of esters is 1. The SMILES string of the molecule is CCOC(=O)c1cccc(NC2=NC3(CCCCC3)N=C(Nc3ccccn3)N2)c1. The average molecular weight is 406 g/mol. The molecule has 1 aliphatic carbocycles. The number of pyridine rings is 1. The van der Waals surface area contributed by atoms with E-state index in [9.17, 15) is 4.79 Å². The van der Waals surface area contributed by atoms with Crippen LogP contribution in [0.5, 0.6) is 0 Å². The number of aliphatic imine (C=N–C) groups is 2. The fraction of sp³-hybridized carbons (Fsp3) is 0.364. The van der Waals surface area contributed by atoms with E-state index in [1.165, 1.54) is 6.42 Å². The molecule has 2 aromatic rings. The zero-order valence-electron chi connectivity index (χ0n) is 17.0. The molecule has 4 rings (SSSR count). The maximum Gasteiger partial charge on any atom is 0.338 e. The second-order valence-electron chi connectivity index (χ2n) is 7.36. The first-order valence-electron chi connectivity index (χ1n) is 10.3. The van der Waals surface area contributed by atoms with Gasteiger partial charge in [0.25, 0.3) is 0 Å². The third-order valence-corrected chi connectivity index (χ3v) is 5.08. The summed E-state index contributed by atoms with van der Waals surface area (Å²) in [6.07, 6.45) is 6.92. The lowest BCUT2D eigenvalue weighted by Gasteiger charge is -2.35. The molecule has 156 valence electrons. The Labute approximate surface area is 175 Å². The molecule has 2 aliphatic rings. The van der Waals surface area contributed by atoms with Crippen LogP contribution in [0, 0.1) is 0 Å². The summed E-state index contributed by atoms with van der Waals surface area (Å²) in [6.45, 7) is 2.13. The normalized spacial score (nSPS) is 17.4. The van der Waals surface area contributed by atoms with Crippen LogP contribution < -0.4 is 16.0 Å². The number of nitrogens with one attached hydrogen (secondary N) is 3. The third kappa shape index (κ3) is 4.76. The Morgan fingerprint density at radius 1 is 1.07 bits per heavy atom. The molecule has 1 aromatic heterocycles. The van der Waals surface area contributed by atoms with Gasteiger partial charge in [0.15, 0.2) is 5.66 Å². The molecular formula is C22H26N6O2. The molecule has 2 heterocycles. The fourth-order valence-electron chi connectivity index (χ4n) is 3.70. The molecule has 1 aromatic carbocycles. The minimum absolute atomic E-state index is 0.340. The summed E-state index contributed by atoms with van der Waals surface area (Å²) in [5.41, 5.74) is 0.754. The Hall–Kier alpha value is -3.42. The van der Waals surface area contributed by atoms with Gasteiger partial charge in [0.1, 0.15) is 5.82 Å². The highest BCUT2D eigenvalue weighted by Crippen LogP contribution is 2.34. The average Bonchev–Trinajstić information content (AvgIpc) is 2.75. The Balaban J connectivity index is 1.56. The molecule has 0 unspecified atom stereocenters. The summed E-state index contributed by atoms with van der Waals surface area (Å²) in [4.78, 5) is 26.2. The summed E-state index contributed by atoms with van der Waals surface area (Å²) in [5, 5.41) is 9.76. The number of hydrogen-bond acceptors (Lipinski definition) is 8. The van der Waals surface area contributed by atoms with E-state index in [0.29, 0.717) is 29.9 Å². The van der Waals surface area contributed by atoms with Crippen LogP contribution in [0.2, 0.25) is 0 Å². The molecule has 30 heavy (non-hydrogen) atoms. The number of aromatic nitrogens is 1. The van der Waals surface area contributed by atoms with Gasteiger partial charge in [0.2, 0.25) is 11.9 Å². The Bertz CT molecular complexity index is 951. The van der Waals surface area contributed by atoms with Crippen LogP contribution in [0.15, 0.2) is 58.6 Å².